The lowest BCUT2D eigenvalue weighted by molar-refractivity contribution is -0.122. The Morgan fingerprint density at radius 1 is 1.33 bits per heavy atom. The number of carbonyl (C=O) groups is 1. The van der Waals surface area contributed by atoms with E-state index in [1.54, 1.807) is 6.07 Å². The van der Waals surface area contributed by atoms with Gasteiger partial charge in [0.25, 0.3) is 0 Å². The molecule has 0 radical (unpaired) electrons. The summed E-state index contributed by atoms with van der Waals surface area (Å²) in [5.74, 6) is -0.732. The molecule has 1 heterocycles. The van der Waals surface area contributed by atoms with E-state index in [9.17, 15) is 9.18 Å². The monoisotopic (exact) mass is 332 g/mol. The van der Waals surface area contributed by atoms with Crippen molar-refractivity contribution in [3.8, 4) is 0 Å². The first-order valence-electron chi connectivity index (χ1n) is 8.18. The number of halogens is 1. The Labute approximate surface area is 144 Å². The van der Waals surface area contributed by atoms with Gasteiger partial charge in [0.2, 0.25) is 5.91 Å². The first kappa shape index (κ1) is 21.6. The van der Waals surface area contributed by atoms with Gasteiger partial charge >= 0.3 is 0 Å². The van der Waals surface area contributed by atoms with Crippen molar-refractivity contribution in [3.63, 3.8) is 0 Å². The van der Waals surface area contributed by atoms with Gasteiger partial charge in [0.1, 0.15) is 5.82 Å². The summed E-state index contributed by atoms with van der Waals surface area (Å²) in [5, 5.41) is 0.837. The van der Waals surface area contributed by atoms with E-state index in [-0.39, 0.29) is 17.6 Å². The molecule has 24 heavy (non-hydrogen) atoms. The zero-order valence-corrected chi connectivity index (χ0v) is 15.0. The molecular weight excluding hydrogens is 303 g/mol. The molecule has 0 bridgehead atoms. The van der Waals surface area contributed by atoms with Crippen LogP contribution in [0.5, 0.6) is 0 Å². The number of nitrogens with two attached hydrogens (primary N) is 1. The van der Waals surface area contributed by atoms with Crippen LogP contribution in [-0.4, -0.2) is 10.5 Å². The molecule has 0 aliphatic rings. The van der Waals surface area contributed by atoms with E-state index in [1.165, 1.54) is 12.1 Å². The number of benzene rings is 1. The molecule has 4 heteroatoms. The zero-order chi connectivity index (χ0) is 18.5. The lowest BCUT2D eigenvalue weighted by Gasteiger charge is -2.12. The largest absolute Gasteiger partial charge is 0.369 e. The summed E-state index contributed by atoms with van der Waals surface area (Å²) in [4.78, 5) is 11.2. The van der Waals surface area contributed by atoms with Gasteiger partial charge in [-0.05, 0) is 44.0 Å². The third-order valence-corrected chi connectivity index (χ3v) is 3.52. The van der Waals surface area contributed by atoms with Crippen molar-refractivity contribution in [3.05, 3.63) is 61.6 Å². The number of primary amides is 1. The summed E-state index contributed by atoms with van der Waals surface area (Å²) < 4.78 is 15.0. The summed E-state index contributed by atoms with van der Waals surface area (Å²) >= 11 is 0. The van der Waals surface area contributed by atoms with Crippen LogP contribution in [-0.2, 0) is 11.3 Å². The molecule has 2 rings (SSSR count). The average molecular weight is 332 g/mol. The number of amides is 1. The molecule has 1 unspecified atom stereocenters. The second-order valence-electron chi connectivity index (χ2n) is 5.16. The van der Waals surface area contributed by atoms with Crippen LogP contribution in [0.1, 0.15) is 33.6 Å². The highest BCUT2D eigenvalue weighted by Crippen LogP contribution is 2.19. The van der Waals surface area contributed by atoms with Gasteiger partial charge in [0.05, 0.1) is 5.92 Å². The van der Waals surface area contributed by atoms with Crippen molar-refractivity contribution in [1.29, 1.82) is 0 Å². The quantitative estimate of drug-likeness (QED) is 0.764. The number of fused-ring (bicyclic) bond motifs is 1. The minimum absolute atomic E-state index is 0.185. The maximum absolute atomic E-state index is 13.0. The van der Waals surface area contributed by atoms with Crippen molar-refractivity contribution >= 4 is 16.8 Å². The van der Waals surface area contributed by atoms with E-state index in [0.717, 1.165) is 17.3 Å². The average Bonchev–Trinajstić information content (AvgIpc) is 2.97. The molecule has 1 aromatic carbocycles. The predicted molar refractivity (Wildman–Crippen MR) is 101 cm³/mol. The van der Waals surface area contributed by atoms with Crippen LogP contribution >= 0.6 is 0 Å². The van der Waals surface area contributed by atoms with E-state index in [2.05, 4.69) is 32.2 Å². The van der Waals surface area contributed by atoms with Crippen LogP contribution in [0.4, 0.5) is 4.39 Å². The molecule has 0 saturated carbocycles. The van der Waals surface area contributed by atoms with Gasteiger partial charge < -0.3 is 10.3 Å². The molecule has 0 spiro atoms. The van der Waals surface area contributed by atoms with Gasteiger partial charge in [-0.1, -0.05) is 26.0 Å². The standard InChI is InChI=1S/C13H15FN2O.C5H10.C2H4/c1-2-9(13(15)17)8-16-6-5-10-7-11(14)3-4-12(10)16;1-3-5-4-2;1-2/h3-7,9H,2,8H2,1H3,(H2,15,17);3,5H,4H2,1-2H3;1-2H2/b;5-3-;. The second-order valence-corrected chi connectivity index (χ2v) is 5.16. The SMILES string of the molecule is C/C=C\CC.C=C.CCC(Cn1ccc2cc(F)ccc21)C(N)=O. The fourth-order valence-corrected chi connectivity index (χ4v) is 2.22. The maximum Gasteiger partial charge on any atom is 0.222 e. The second kappa shape index (κ2) is 12.1. The van der Waals surface area contributed by atoms with Crippen molar-refractivity contribution in [2.75, 3.05) is 0 Å². The Hall–Kier alpha value is -2.36. The Bertz CT molecular complexity index is 646. The van der Waals surface area contributed by atoms with Crippen molar-refractivity contribution in [1.82, 2.24) is 4.57 Å². The number of hydrogen-bond acceptors (Lipinski definition) is 1. The Morgan fingerprint density at radius 3 is 2.46 bits per heavy atom. The molecule has 2 aromatic rings. The molecule has 0 saturated heterocycles. The van der Waals surface area contributed by atoms with E-state index < -0.39 is 0 Å². The molecule has 1 atom stereocenters. The van der Waals surface area contributed by atoms with E-state index in [1.807, 2.05) is 30.7 Å². The van der Waals surface area contributed by atoms with Gasteiger partial charge in [0.15, 0.2) is 0 Å². The summed E-state index contributed by atoms with van der Waals surface area (Å²) in [5.41, 5.74) is 6.24. The lowest BCUT2D eigenvalue weighted by Crippen LogP contribution is -2.26. The first-order chi connectivity index (χ1) is 11.5. The van der Waals surface area contributed by atoms with Crippen molar-refractivity contribution in [2.45, 2.75) is 40.2 Å². The molecule has 0 fully saturated rings. The number of allylic oxidation sites excluding steroid dienone is 2. The fourth-order valence-electron chi connectivity index (χ4n) is 2.22. The number of aromatic nitrogens is 1. The third kappa shape index (κ3) is 6.82. The van der Waals surface area contributed by atoms with E-state index in [4.69, 9.17) is 5.73 Å². The minimum atomic E-state index is -0.295. The Morgan fingerprint density at radius 2 is 2.00 bits per heavy atom. The summed E-state index contributed by atoms with van der Waals surface area (Å²) in [7, 11) is 0. The van der Waals surface area contributed by atoms with Crippen molar-refractivity contribution in [2.24, 2.45) is 11.7 Å². The van der Waals surface area contributed by atoms with Crippen LogP contribution in [0.15, 0.2) is 55.8 Å². The highest BCUT2D eigenvalue weighted by molar-refractivity contribution is 5.81. The fraction of sp³-hybridized carbons (Fsp3) is 0.350. The molecule has 0 aliphatic carbocycles. The smallest absolute Gasteiger partial charge is 0.222 e. The summed E-state index contributed by atoms with van der Waals surface area (Å²) in [6.45, 7) is 12.6. The molecular formula is C20H29FN2O. The molecule has 1 aromatic heterocycles. The van der Waals surface area contributed by atoms with E-state index >= 15 is 0 Å². The van der Waals surface area contributed by atoms with Gasteiger partial charge in [-0.25, -0.2) is 4.39 Å². The van der Waals surface area contributed by atoms with Crippen LogP contribution in [0, 0.1) is 11.7 Å². The van der Waals surface area contributed by atoms with Crippen LogP contribution < -0.4 is 5.73 Å². The third-order valence-electron chi connectivity index (χ3n) is 3.52. The highest BCUT2D eigenvalue weighted by Gasteiger charge is 2.14. The number of rotatable bonds is 5. The number of carbonyl (C=O) groups excluding carboxylic acids is 1. The molecule has 2 N–H and O–H groups in total. The van der Waals surface area contributed by atoms with Gasteiger partial charge in [-0.3, -0.25) is 4.79 Å². The molecule has 1 amide bonds. The molecule has 0 aliphatic heterocycles. The summed E-state index contributed by atoms with van der Waals surface area (Å²) in [6.07, 6.45) is 7.91. The highest BCUT2D eigenvalue weighted by atomic mass is 19.1. The lowest BCUT2D eigenvalue weighted by atomic mass is 10.1. The van der Waals surface area contributed by atoms with Gasteiger partial charge in [0, 0.05) is 23.6 Å². The van der Waals surface area contributed by atoms with Crippen molar-refractivity contribution < 1.29 is 9.18 Å². The van der Waals surface area contributed by atoms with E-state index in [0.29, 0.717) is 13.0 Å². The maximum atomic E-state index is 13.0. The number of nitrogens with zero attached hydrogens (tertiary/aromatic N) is 1. The Balaban J connectivity index is 0.000000650. The van der Waals surface area contributed by atoms with Crippen LogP contribution in [0.2, 0.25) is 0 Å². The molecule has 3 nitrogen and oxygen atoms in total. The first-order valence-corrected chi connectivity index (χ1v) is 8.18. The normalized spacial score (nSPS) is 11.3. The van der Waals surface area contributed by atoms with Crippen LogP contribution in [0.25, 0.3) is 10.9 Å². The topological polar surface area (TPSA) is 48.0 Å². The van der Waals surface area contributed by atoms with Gasteiger partial charge in [-0.15, -0.1) is 13.2 Å². The zero-order valence-electron chi connectivity index (χ0n) is 15.0. The Kier molecular flexibility index (Phi) is 10.9. The minimum Gasteiger partial charge on any atom is -0.369 e. The summed E-state index contributed by atoms with van der Waals surface area (Å²) in [6, 6.07) is 6.46. The van der Waals surface area contributed by atoms with Gasteiger partial charge in [-0.2, -0.15) is 0 Å². The predicted octanol–water partition coefficient (Wildman–Crippen LogP) is 5.07. The van der Waals surface area contributed by atoms with Crippen LogP contribution in [0.3, 0.4) is 0 Å². The number of hydrogen-bond donors (Lipinski definition) is 1. The molecule has 132 valence electrons.